The molecule has 0 spiro atoms. The van der Waals surface area contributed by atoms with Crippen LogP contribution in [-0.4, -0.2) is 41.3 Å². The molecule has 0 aromatic heterocycles. The molecule has 0 saturated carbocycles. The van der Waals surface area contributed by atoms with E-state index >= 15 is 0 Å². The number of hydrogen-bond acceptors (Lipinski definition) is 2. The van der Waals surface area contributed by atoms with E-state index in [1.807, 2.05) is 6.07 Å². The first kappa shape index (κ1) is 26.7. The molecule has 0 unspecified atom stereocenters. The summed E-state index contributed by atoms with van der Waals surface area (Å²) in [7, 11) is 0. The summed E-state index contributed by atoms with van der Waals surface area (Å²) < 4.78 is 5.49. The number of aryl methyl sites for hydroxylation is 1. The van der Waals surface area contributed by atoms with Gasteiger partial charge in [0, 0.05) is 0 Å². The average Bonchev–Trinajstić information content (AvgIpc) is 2.76. The predicted octanol–water partition coefficient (Wildman–Crippen LogP) is 6.92. The van der Waals surface area contributed by atoms with Gasteiger partial charge in [-0.05, 0) is 0 Å². The quantitative estimate of drug-likeness (QED) is 0.238. The maximum atomic E-state index is 10.8. The van der Waals surface area contributed by atoms with Crippen LogP contribution in [0.3, 0.4) is 0 Å². The van der Waals surface area contributed by atoms with Gasteiger partial charge in [-0.25, -0.2) is 0 Å². The van der Waals surface area contributed by atoms with E-state index in [1.54, 1.807) is 0 Å². The Labute approximate surface area is 184 Å². The molecule has 1 rings (SSSR count). The van der Waals surface area contributed by atoms with Crippen LogP contribution >= 0.6 is 0 Å². The summed E-state index contributed by atoms with van der Waals surface area (Å²) in [6, 6.07) is 10.4. The Morgan fingerprint density at radius 2 is 1.45 bits per heavy atom. The molecular formula is C26H46O2Sn. The third-order valence-corrected chi connectivity index (χ3v) is 22.6. The number of aliphatic hydroxyl groups excluding tert-OH is 2. The summed E-state index contributed by atoms with van der Waals surface area (Å²) in [6.07, 6.45) is 11.3. The van der Waals surface area contributed by atoms with Crippen molar-refractivity contribution < 1.29 is 10.2 Å². The van der Waals surface area contributed by atoms with Gasteiger partial charge in [-0.15, -0.1) is 0 Å². The summed E-state index contributed by atoms with van der Waals surface area (Å²) in [5, 5.41) is 21.2. The Morgan fingerprint density at radius 1 is 0.931 bits per heavy atom. The van der Waals surface area contributed by atoms with Crippen LogP contribution in [0.25, 0.3) is 0 Å². The van der Waals surface area contributed by atoms with Crippen LogP contribution in [0.5, 0.6) is 0 Å². The Kier molecular flexibility index (Phi) is 14.3. The summed E-state index contributed by atoms with van der Waals surface area (Å²) in [6.45, 7) is 9.21. The van der Waals surface area contributed by atoms with Crippen LogP contribution < -0.4 is 0 Å². The van der Waals surface area contributed by atoms with Crippen molar-refractivity contribution in [3.8, 4) is 0 Å². The third kappa shape index (κ3) is 9.57. The van der Waals surface area contributed by atoms with Crippen molar-refractivity contribution in [3.05, 3.63) is 45.6 Å². The zero-order chi connectivity index (χ0) is 21.5. The molecule has 1 aromatic carbocycles. The fraction of sp³-hybridized carbons (Fsp3) is 0.692. The van der Waals surface area contributed by atoms with Gasteiger partial charge in [-0.2, -0.15) is 0 Å². The van der Waals surface area contributed by atoms with Gasteiger partial charge >= 0.3 is 185 Å². The molecule has 2 N–H and O–H groups in total. The van der Waals surface area contributed by atoms with Crippen LogP contribution in [0.15, 0.2) is 40.0 Å². The molecule has 1 aromatic rings. The van der Waals surface area contributed by atoms with E-state index in [0.717, 1.165) is 12.8 Å². The summed E-state index contributed by atoms with van der Waals surface area (Å²) in [4.78, 5) is 0. The molecule has 0 aliphatic rings. The summed E-state index contributed by atoms with van der Waals surface area (Å²) >= 11 is -2.60. The van der Waals surface area contributed by atoms with E-state index in [-0.39, 0.29) is 18.6 Å². The van der Waals surface area contributed by atoms with Crippen molar-refractivity contribution in [3.63, 3.8) is 0 Å². The Hall–Kier alpha value is -0.321. The van der Waals surface area contributed by atoms with Gasteiger partial charge in [-0.1, -0.05) is 0 Å². The van der Waals surface area contributed by atoms with E-state index in [4.69, 9.17) is 0 Å². The number of hydrogen-bond donors (Lipinski definition) is 2. The van der Waals surface area contributed by atoms with Gasteiger partial charge in [0.1, 0.15) is 0 Å². The Morgan fingerprint density at radius 3 is 1.90 bits per heavy atom. The Bertz CT molecular complexity index is 533. The van der Waals surface area contributed by atoms with Gasteiger partial charge in [0.2, 0.25) is 0 Å². The van der Waals surface area contributed by atoms with Crippen LogP contribution in [0.2, 0.25) is 13.3 Å². The first-order valence-electron chi connectivity index (χ1n) is 12.1. The van der Waals surface area contributed by atoms with Gasteiger partial charge in [0.15, 0.2) is 0 Å². The molecule has 0 fully saturated rings. The molecule has 2 nitrogen and oxygen atoms in total. The monoisotopic (exact) mass is 510 g/mol. The summed E-state index contributed by atoms with van der Waals surface area (Å²) in [5.41, 5.74) is 1.28. The molecule has 0 aliphatic heterocycles. The Balaban J connectivity index is 2.96. The molecule has 0 saturated heterocycles. The molecule has 0 bridgehead atoms. The maximum absolute atomic E-state index is 10.8. The number of aliphatic hydroxyl groups is 2. The SMILES string of the molecule is CCC[CH2][Sn]([CH2]CCC)([CH2]CCC)/[C](=C/[C@@H](C)[C@@H](O)CCc1ccccc1)CO. The molecule has 0 amide bonds. The summed E-state index contributed by atoms with van der Waals surface area (Å²) in [5.74, 6) is 0.113. The molecule has 166 valence electrons. The molecule has 3 heteroatoms. The van der Waals surface area contributed by atoms with Crippen LogP contribution in [-0.2, 0) is 6.42 Å². The number of benzene rings is 1. The second-order valence-corrected chi connectivity index (χ2v) is 22.3. The standard InChI is InChI=1S/C14H19O2.3C4H9.Sn/c1-12(6-5-11-15)14(16)10-9-13-7-3-2-4-8-13;3*1-3-4-2;/h2-4,6-8,12,14-16H,9-11H2,1H3;3*1,3-4H2,2H3;/t12-,14+;;;;/m1..../s1. The molecule has 0 aliphatic carbocycles. The van der Waals surface area contributed by atoms with E-state index in [1.165, 1.54) is 61.0 Å². The van der Waals surface area contributed by atoms with Gasteiger partial charge in [0.25, 0.3) is 0 Å². The molecule has 2 atom stereocenters. The van der Waals surface area contributed by atoms with Gasteiger partial charge in [-0.3, -0.25) is 0 Å². The van der Waals surface area contributed by atoms with Crippen molar-refractivity contribution in [2.75, 3.05) is 6.61 Å². The van der Waals surface area contributed by atoms with Crippen molar-refractivity contribution in [2.24, 2.45) is 5.92 Å². The predicted molar refractivity (Wildman–Crippen MR) is 130 cm³/mol. The van der Waals surface area contributed by atoms with Crippen molar-refractivity contribution in [2.45, 2.75) is 98.5 Å². The van der Waals surface area contributed by atoms with Crippen LogP contribution in [0.4, 0.5) is 0 Å². The topological polar surface area (TPSA) is 40.5 Å². The van der Waals surface area contributed by atoms with Crippen LogP contribution in [0, 0.1) is 5.92 Å². The normalized spacial score (nSPS) is 14.8. The molecule has 29 heavy (non-hydrogen) atoms. The third-order valence-electron chi connectivity index (χ3n) is 6.52. The minimum atomic E-state index is -2.60. The second-order valence-electron chi connectivity index (χ2n) is 8.89. The molecule has 0 radical (unpaired) electrons. The first-order valence-corrected chi connectivity index (χ1v) is 19.5. The van der Waals surface area contributed by atoms with E-state index in [0.29, 0.717) is 0 Å². The van der Waals surface area contributed by atoms with Crippen molar-refractivity contribution >= 4 is 18.4 Å². The fourth-order valence-electron chi connectivity index (χ4n) is 4.45. The molecular weight excluding hydrogens is 463 g/mol. The average molecular weight is 509 g/mol. The first-order chi connectivity index (χ1) is 14.0. The van der Waals surface area contributed by atoms with Crippen LogP contribution in [0.1, 0.15) is 78.2 Å². The zero-order valence-electron chi connectivity index (χ0n) is 19.5. The van der Waals surface area contributed by atoms with Crippen molar-refractivity contribution in [1.29, 1.82) is 0 Å². The van der Waals surface area contributed by atoms with E-state index in [9.17, 15) is 10.2 Å². The van der Waals surface area contributed by atoms with E-state index in [2.05, 4.69) is 58.0 Å². The van der Waals surface area contributed by atoms with Crippen molar-refractivity contribution in [1.82, 2.24) is 0 Å². The van der Waals surface area contributed by atoms with Gasteiger partial charge < -0.3 is 0 Å². The van der Waals surface area contributed by atoms with E-state index < -0.39 is 18.4 Å². The zero-order valence-corrected chi connectivity index (χ0v) is 22.4. The number of unbranched alkanes of at least 4 members (excludes halogenated alkanes) is 3. The molecule has 0 heterocycles. The minimum absolute atomic E-state index is 0.113. The number of rotatable bonds is 16. The fourth-order valence-corrected chi connectivity index (χ4v) is 20.9. The van der Waals surface area contributed by atoms with Gasteiger partial charge in [0.05, 0.1) is 0 Å². The second kappa shape index (κ2) is 15.5.